The van der Waals surface area contributed by atoms with Crippen LogP contribution < -0.4 is 5.73 Å². The molecule has 5 heteroatoms. The van der Waals surface area contributed by atoms with Gasteiger partial charge in [0.1, 0.15) is 11.6 Å². The zero-order valence-corrected chi connectivity index (χ0v) is 13.1. The van der Waals surface area contributed by atoms with Crippen LogP contribution in [-0.2, 0) is 12.2 Å². The number of aromatic nitrogens is 2. The molecule has 1 heterocycles. The number of nitrogens with two attached hydrogens (primary N) is 1. The van der Waals surface area contributed by atoms with Crippen LogP contribution in [-0.4, -0.2) is 15.2 Å². The average Bonchev–Trinajstić information content (AvgIpc) is 2.83. The van der Waals surface area contributed by atoms with E-state index in [-0.39, 0.29) is 0 Å². The highest BCUT2D eigenvalue weighted by Crippen LogP contribution is 2.31. The molecule has 0 saturated heterocycles. The summed E-state index contributed by atoms with van der Waals surface area (Å²) in [6.45, 7) is 2.11. The van der Waals surface area contributed by atoms with E-state index >= 15 is 0 Å². The summed E-state index contributed by atoms with van der Waals surface area (Å²) in [7, 11) is 0. The summed E-state index contributed by atoms with van der Waals surface area (Å²) >= 11 is 4.22. The molecule has 17 heavy (non-hydrogen) atoms. The molecule has 1 aliphatic carbocycles. The highest BCUT2D eigenvalue weighted by atomic mass is 127. The van der Waals surface area contributed by atoms with E-state index in [9.17, 15) is 0 Å². The third-order valence-electron chi connectivity index (χ3n) is 3.08. The molecule has 0 amide bonds. The normalized spacial score (nSPS) is 16.6. The molecule has 3 nitrogen and oxygen atoms in total. The molecule has 2 N–H and O–H groups in total. The quantitative estimate of drug-likeness (QED) is 0.833. The predicted molar refractivity (Wildman–Crippen MR) is 82.1 cm³/mol. The van der Waals surface area contributed by atoms with Crippen molar-refractivity contribution in [2.45, 2.75) is 50.0 Å². The van der Waals surface area contributed by atoms with E-state index in [4.69, 9.17) is 5.73 Å². The summed E-state index contributed by atoms with van der Waals surface area (Å²) < 4.78 is 1.01. The number of aryl methyl sites for hydroxylation is 1. The first kappa shape index (κ1) is 13.4. The number of anilines is 1. The Morgan fingerprint density at radius 2 is 2.06 bits per heavy atom. The first-order chi connectivity index (χ1) is 8.20. The Balaban J connectivity index is 2.02. The predicted octanol–water partition coefficient (Wildman–Crippen LogP) is 3.40. The molecule has 1 aliphatic rings. The molecule has 0 radical (unpaired) electrons. The lowest BCUT2D eigenvalue weighted by Crippen LogP contribution is -2.07. The number of nitrogen functional groups attached to an aromatic ring is 1. The van der Waals surface area contributed by atoms with Gasteiger partial charge < -0.3 is 5.73 Å². The van der Waals surface area contributed by atoms with Crippen molar-refractivity contribution in [3.8, 4) is 0 Å². The van der Waals surface area contributed by atoms with Crippen LogP contribution in [0.15, 0.2) is 0 Å². The summed E-state index contributed by atoms with van der Waals surface area (Å²) in [6, 6.07) is 0. The molecule has 0 aliphatic heterocycles. The third-order valence-corrected chi connectivity index (χ3v) is 5.62. The van der Waals surface area contributed by atoms with E-state index in [1.807, 2.05) is 11.8 Å². The summed E-state index contributed by atoms with van der Waals surface area (Å²) in [4.78, 5) is 8.97. The van der Waals surface area contributed by atoms with E-state index < -0.39 is 0 Å². The van der Waals surface area contributed by atoms with Crippen LogP contribution in [0.3, 0.4) is 0 Å². The first-order valence-corrected chi connectivity index (χ1v) is 8.25. The van der Waals surface area contributed by atoms with Gasteiger partial charge in [0.25, 0.3) is 0 Å². The Morgan fingerprint density at radius 3 is 2.71 bits per heavy atom. The van der Waals surface area contributed by atoms with Crippen molar-refractivity contribution in [1.82, 2.24) is 9.97 Å². The third kappa shape index (κ3) is 3.47. The average molecular weight is 363 g/mol. The molecule has 0 unspecified atom stereocenters. The van der Waals surface area contributed by atoms with Gasteiger partial charge in [0.05, 0.1) is 15.0 Å². The monoisotopic (exact) mass is 363 g/mol. The minimum atomic E-state index is 0.638. The molecule has 1 fully saturated rings. The second-order valence-corrected chi connectivity index (χ2v) is 6.72. The molecule has 1 aromatic heterocycles. The van der Waals surface area contributed by atoms with Gasteiger partial charge >= 0.3 is 0 Å². The molecule has 0 aromatic carbocycles. The standard InChI is InChI=1S/C12H18IN3S/c1-2-9-11(13)12(14)16-10(15-9)7-17-8-5-3-4-6-8/h8H,2-7H2,1H3,(H2,14,15,16). The van der Waals surface area contributed by atoms with Gasteiger partial charge in [-0.15, -0.1) is 0 Å². The summed E-state index contributed by atoms with van der Waals surface area (Å²) in [5.74, 6) is 2.44. The molecule has 2 rings (SSSR count). The van der Waals surface area contributed by atoms with Crippen LogP contribution >= 0.6 is 34.4 Å². The smallest absolute Gasteiger partial charge is 0.140 e. The fourth-order valence-corrected chi connectivity index (χ4v) is 3.92. The van der Waals surface area contributed by atoms with Gasteiger partial charge in [-0.3, -0.25) is 0 Å². The summed E-state index contributed by atoms with van der Waals surface area (Å²) in [6.07, 6.45) is 6.39. The van der Waals surface area contributed by atoms with E-state index in [1.165, 1.54) is 25.7 Å². The Bertz CT molecular complexity index is 392. The number of hydrogen-bond acceptors (Lipinski definition) is 4. The largest absolute Gasteiger partial charge is 0.383 e. The molecule has 0 atom stereocenters. The van der Waals surface area contributed by atoms with Crippen molar-refractivity contribution in [1.29, 1.82) is 0 Å². The van der Waals surface area contributed by atoms with Crippen molar-refractivity contribution < 1.29 is 0 Å². The van der Waals surface area contributed by atoms with Crippen LogP contribution in [0.2, 0.25) is 0 Å². The lowest BCUT2D eigenvalue weighted by Gasteiger charge is -2.10. The van der Waals surface area contributed by atoms with Crippen molar-refractivity contribution in [2.24, 2.45) is 0 Å². The number of thioether (sulfide) groups is 1. The van der Waals surface area contributed by atoms with E-state index in [1.54, 1.807) is 0 Å². The highest BCUT2D eigenvalue weighted by Gasteiger charge is 2.16. The Kier molecular flexibility index (Phi) is 4.90. The number of nitrogens with zero attached hydrogens (tertiary/aromatic N) is 2. The van der Waals surface area contributed by atoms with Crippen LogP contribution in [0, 0.1) is 3.57 Å². The fraction of sp³-hybridized carbons (Fsp3) is 0.667. The Hall–Kier alpha value is -0.0400. The number of rotatable bonds is 4. The maximum Gasteiger partial charge on any atom is 0.140 e. The van der Waals surface area contributed by atoms with Crippen molar-refractivity contribution in [3.05, 3.63) is 15.1 Å². The molecule has 94 valence electrons. The van der Waals surface area contributed by atoms with Crippen LogP contribution in [0.25, 0.3) is 0 Å². The lowest BCUT2D eigenvalue weighted by atomic mass is 10.3. The molecule has 0 bridgehead atoms. The lowest BCUT2D eigenvalue weighted by molar-refractivity contribution is 0.886. The maximum absolute atomic E-state index is 5.91. The van der Waals surface area contributed by atoms with E-state index in [0.717, 1.165) is 32.5 Å². The van der Waals surface area contributed by atoms with Crippen molar-refractivity contribution in [2.75, 3.05) is 5.73 Å². The Morgan fingerprint density at radius 1 is 1.35 bits per heavy atom. The SMILES string of the molecule is CCc1nc(CSC2CCCC2)nc(N)c1I. The molecule has 0 spiro atoms. The Labute approximate surface area is 121 Å². The van der Waals surface area contributed by atoms with Gasteiger partial charge in [-0.05, 0) is 41.9 Å². The van der Waals surface area contributed by atoms with E-state index in [2.05, 4.69) is 39.5 Å². The second-order valence-electron chi connectivity index (χ2n) is 4.36. The van der Waals surface area contributed by atoms with Crippen molar-refractivity contribution in [3.63, 3.8) is 0 Å². The molecular weight excluding hydrogens is 345 g/mol. The van der Waals surface area contributed by atoms with E-state index in [0.29, 0.717) is 5.82 Å². The van der Waals surface area contributed by atoms with Crippen LogP contribution in [0.5, 0.6) is 0 Å². The molecular formula is C12H18IN3S. The van der Waals surface area contributed by atoms with Gasteiger partial charge in [-0.2, -0.15) is 11.8 Å². The number of hydrogen-bond donors (Lipinski definition) is 1. The number of halogens is 1. The first-order valence-electron chi connectivity index (χ1n) is 6.13. The van der Waals surface area contributed by atoms with Gasteiger partial charge in [0.2, 0.25) is 0 Å². The summed E-state index contributed by atoms with van der Waals surface area (Å²) in [5.41, 5.74) is 7.00. The van der Waals surface area contributed by atoms with Crippen LogP contribution in [0.1, 0.15) is 44.1 Å². The minimum Gasteiger partial charge on any atom is -0.383 e. The zero-order valence-electron chi connectivity index (χ0n) is 10.1. The summed E-state index contributed by atoms with van der Waals surface area (Å²) in [5, 5.41) is 0.809. The zero-order chi connectivity index (χ0) is 12.3. The minimum absolute atomic E-state index is 0.638. The van der Waals surface area contributed by atoms with Crippen LogP contribution in [0.4, 0.5) is 5.82 Å². The van der Waals surface area contributed by atoms with Gasteiger partial charge in [-0.25, -0.2) is 9.97 Å². The second kappa shape index (κ2) is 6.22. The molecule has 1 saturated carbocycles. The van der Waals surface area contributed by atoms with Gasteiger partial charge in [-0.1, -0.05) is 19.8 Å². The topological polar surface area (TPSA) is 51.8 Å². The maximum atomic E-state index is 5.91. The van der Waals surface area contributed by atoms with Gasteiger partial charge in [0, 0.05) is 5.25 Å². The molecule has 1 aromatic rings. The highest BCUT2D eigenvalue weighted by molar-refractivity contribution is 14.1. The van der Waals surface area contributed by atoms with Crippen molar-refractivity contribution >= 4 is 40.2 Å². The fourth-order valence-electron chi connectivity index (χ4n) is 2.11. The van der Waals surface area contributed by atoms with Gasteiger partial charge in [0.15, 0.2) is 0 Å².